The normalized spacial score (nSPS) is 37.2. The van der Waals surface area contributed by atoms with Crippen molar-refractivity contribution in [2.24, 2.45) is 11.8 Å². The summed E-state index contributed by atoms with van der Waals surface area (Å²) in [4.78, 5) is 7.65. The molecular weight excluding hydrogens is 162 g/mol. The lowest BCUT2D eigenvalue weighted by Crippen LogP contribution is -2.31. The maximum Gasteiger partial charge on any atom is 0.0925 e. The Morgan fingerprint density at radius 3 is 3.15 bits per heavy atom. The van der Waals surface area contributed by atoms with E-state index in [1.807, 2.05) is 6.33 Å². The van der Waals surface area contributed by atoms with E-state index in [2.05, 4.69) is 22.2 Å². The van der Waals surface area contributed by atoms with Gasteiger partial charge < -0.3 is 10.3 Å². The van der Waals surface area contributed by atoms with Gasteiger partial charge in [-0.15, -0.1) is 0 Å². The van der Waals surface area contributed by atoms with E-state index >= 15 is 0 Å². The summed E-state index contributed by atoms with van der Waals surface area (Å²) in [6, 6.07) is 0.532. The first-order chi connectivity index (χ1) is 6.36. The smallest absolute Gasteiger partial charge is 0.0925 e. The van der Waals surface area contributed by atoms with Crippen molar-refractivity contribution in [2.45, 2.75) is 25.8 Å². The molecule has 3 rings (SSSR count). The number of fused-ring (bicyclic) bond motifs is 1. The van der Waals surface area contributed by atoms with E-state index in [4.69, 9.17) is 0 Å². The van der Waals surface area contributed by atoms with Gasteiger partial charge in [-0.25, -0.2) is 4.98 Å². The van der Waals surface area contributed by atoms with E-state index in [0.29, 0.717) is 6.04 Å². The predicted octanol–water partition coefficient (Wildman–Crippen LogP) is 1.25. The number of nitrogens with one attached hydrogen (secondary N) is 2. The second kappa shape index (κ2) is 2.58. The lowest BCUT2D eigenvalue weighted by molar-refractivity contribution is 0.431. The Kier molecular flexibility index (Phi) is 1.50. The zero-order valence-electron chi connectivity index (χ0n) is 7.88. The van der Waals surface area contributed by atoms with Crippen molar-refractivity contribution in [3.05, 3.63) is 17.7 Å². The first-order valence-electron chi connectivity index (χ1n) is 5.12. The minimum absolute atomic E-state index is 0.532. The van der Waals surface area contributed by atoms with Crippen LogP contribution in [0, 0.1) is 11.8 Å². The van der Waals surface area contributed by atoms with Crippen LogP contribution < -0.4 is 5.32 Å². The number of H-pyrrole nitrogens is 1. The number of nitrogens with zero attached hydrogens (tertiary/aromatic N) is 1. The predicted molar refractivity (Wildman–Crippen MR) is 50.3 cm³/mol. The Hall–Kier alpha value is -0.830. The molecule has 3 unspecified atom stereocenters. The van der Waals surface area contributed by atoms with Gasteiger partial charge in [0.25, 0.3) is 0 Å². The summed E-state index contributed by atoms with van der Waals surface area (Å²) in [6.45, 7) is 3.43. The topological polar surface area (TPSA) is 40.7 Å². The molecule has 1 aliphatic heterocycles. The van der Waals surface area contributed by atoms with Gasteiger partial charge in [0.1, 0.15) is 0 Å². The summed E-state index contributed by atoms with van der Waals surface area (Å²) in [6.07, 6.45) is 4.30. The molecular formula is C10H15N3. The molecule has 0 aromatic carbocycles. The minimum atomic E-state index is 0.532. The zero-order valence-corrected chi connectivity index (χ0v) is 7.88. The van der Waals surface area contributed by atoms with Crippen molar-refractivity contribution >= 4 is 0 Å². The van der Waals surface area contributed by atoms with Crippen LogP contribution in [0.25, 0.3) is 0 Å². The third-order valence-electron chi connectivity index (χ3n) is 3.39. The molecule has 2 aliphatic rings. The molecule has 1 aromatic rings. The lowest BCUT2D eigenvalue weighted by Gasteiger charge is -2.22. The fourth-order valence-electron chi connectivity index (χ4n) is 2.42. The number of hydrogen-bond acceptors (Lipinski definition) is 2. The van der Waals surface area contributed by atoms with Crippen LogP contribution in [0.1, 0.15) is 30.8 Å². The average Bonchev–Trinajstić information content (AvgIpc) is 2.66. The standard InChI is InChI=1S/C10H15N3/c1-6-4-7(6)9-10-8(2-3-11-9)12-5-13-10/h5-7,9,11H,2-4H2,1H3,(H,12,13). The SMILES string of the molecule is CC1CC1C1NCCc2[nH]cnc21. The number of hydrogen-bond donors (Lipinski definition) is 2. The third kappa shape index (κ3) is 1.10. The van der Waals surface area contributed by atoms with Crippen LogP contribution in [0.15, 0.2) is 6.33 Å². The molecule has 1 fully saturated rings. The molecule has 0 saturated heterocycles. The summed E-state index contributed by atoms with van der Waals surface area (Å²) in [5, 5.41) is 3.57. The van der Waals surface area contributed by atoms with Crippen molar-refractivity contribution in [3.8, 4) is 0 Å². The third-order valence-corrected chi connectivity index (χ3v) is 3.39. The van der Waals surface area contributed by atoms with E-state index in [0.717, 1.165) is 24.8 Å². The summed E-state index contributed by atoms with van der Waals surface area (Å²) in [5.41, 5.74) is 2.63. The molecule has 0 bridgehead atoms. The summed E-state index contributed by atoms with van der Waals surface area (Å²) in [5.74, 6) is 1.72. The molecule has 70 valence electrons. The van der Waals surface area contributed by atoms with Crippen molar-refractivity contribution in [1.82, 2.24) is 15.3 Å². The molecule has 0 spiro atoms. The van der Waals surface area contributed by atoms with Crippen LogP contribution in [0.5, 0.6) is 0 Å². The Morgan fingerprint density at radius 2 is 2.38 bits per heavy atom. The Balaban J connectivity index is 1.91. The monoisotopic (exact) mass is 177 g/mol. The molecule has 2 heterocycles. The van der Waals surface area contributed by atoms with Gasteiger partial charge in [-0.05, 0) is 18.3 Å². The molecule has 1 saturated carbocycles. The molecule has 3 heteroatoms. The van der Waals surface area contributed by atoms with Gasteiger partial charge in [0.05, 0.1) is 18.1 Å². The van der Waals surface area contributed by atoms with Gasteiger partial charge >= 0.3 is 0 Å². The van der Waals surface area contributed by atoms with Gasteiger partial charge in [-0.3, -0.25) is 0 Å². The summed E-state index contributed by atoms with van der Waals surface area (Å²) < 4.78 is 0. The fraction of sp³-hybridized carbons (Fsp3) is 0.700. The molecule has 1 aromatic heterocycles. The molecule has 2 N–H and O–H groups in total. The molecule has 0 amide bonds. The Bertz CT molecular complexity index is 318. The van der Waals surface area contributed by atoms with Crippen molar-refractivity contribution in [3.63, 3.8) is 0 Å². The van der Waals surface area contributed by atoms with Crippen molar-refractivity contribution in [1.29, 1.82) is 0 Å². The van der Waals surface area contributed by atoms with Crippen LogP contribution in [0.2, 0.25) is 0 Å². The highest BCUT2D eigenvalue weighted by molar-refractivity contribution is 5.22. The zero-order chi connectivity index (χ0) is 8.84. The van der Waals surface area contributed by atoms with E-state index in [1.54, 1.807) is 0 Å². The van der Waals surface area contributed by atoms with Gasteiger partial charge in [0, 0.05) is 18.7 Å². The van der Waals surface area contributed by atoms with Gasteiger partial charge in [0.2, 0.25) is 0 Å². The first-order valence-corrected chi connectivity index (χ1v) is 5.12. The highest BCUT2D eigenvalue weighted by atomic mass is 15.0. The quantitative estimate of drug-likeness (QED) is 0.678. The van der Waals surface area contributed by atoms with Gasteiger partial charge in [-0.2, -0.15) is 0 Å². The highest BCUT2D eigenvalue weighted by Gasteiger charge is 2.42. The van der Waals surface area contributed by atoms with E-state index in [-0.39, 0.29) is 0 Å². The van der Waals surface area contributed by atoms with Crippen LogP contribution >= 0.6 is 0 Å². The fourth-order valence-corrected chi connectivity index (χ4v) is 2.42. The number of imidazole rings is 1. The second-order valence-electron chi connectivity index (χ2n) is 4.32. The minimum Gasteiger partial charge on any atom is -0.348 e. The molecule has 0 radical (unpaired) electrons. The Labute approximate surface area is 78.0 Å². The Morgan fingerprint density at radius 1 is 1.54 bits per heavy atom. The molecule has 3 nitrogen and oxygen atoms in total. The maximum absolute atomic E-state index is 4.42. The molecule has 13 heavy (non-hydrogen) atoms. The van der Waals surface area contributed by atoms with E-state index in [9.17, 15) is 0 Å². The highest BCUT2D eigenvalue weighted by Crippen LogP contribution is 2.47. The molecule has 1 aliphatic carbocycles. The number of aromatic nitrogens is 2. The van der Waals surface area contributed by atoms with Crippen LogP contribution in [-0.4, -0.2) is 16.5 Å². The largest absolute Gasteiger partial charge is 0.348 e. The average molecular weight is 177 g/mol. The van der Waals surface area contributed by atoms with Gasteiger partial charge in [0.15, 0.2) is 0 Å². The maximum atomic E-state index is 4.42. The van der Waals surface area contributed by atoms with Crippen LogP contribution in [-0.2, 0) is 6.42 Å². The van der Waals surface area contributed by atoms with E-state index < -0.39 is 0 Å². The van der Waals surface area contributed by atoms with Crippen LogP contribution in [0.3, 0.4) is 0 Å². The lowest BCUT2D eigenvalue weighted by atomic mass is 10.0. The van der Waals surface area contributed by atoms with Crippen molar-refractivity contribution in [2.75, 3.05) is 6.54 Å². The molecule has 3 atom stereocenters. The van der Waals surface area contributed by atoms with Crippen LogP contribution in [0.4, 0.5) is 0 Å². The van der Waals surface area contributed by atoms with Gasteiger partial charge in [-0.1, -0.05) is 6.92 Å². The van der Waals surface area contributed by atoms with E-state index in [1.165, 1.54) is 17.8 Å². The second-order valence-corrected chi connectivity index (χ2v) is 4.32. The summed E-state index contributed by atoms with van der Waals surface area (Å²) in [7, 11) is 0. The number of rotatable bonds is 1. The first kappa shape index (κ1) is 7.56. The summed E-state index contributed by atoms with van der Waals surface area (Å²) >= 11 is 0. The van der Waals surface area contributed by atoms with Crippen molar-refractivity contribution < 1.29 is 0 Å². The number of aromatic amines is 1.